The van der Waals surface area contributed by atoms with Crippen LogP contribution in [0.1, 0.15) is 40.7 Å². The first-order valence-corrected chi connectivity index (χ1v) is 14.2. The molecular formula is C20H45B2BrClIO4S. The fourth-order valence-corrected chi connectivity index (χ4v) is 1.67. The van der Waals surface area contributed by atoms with E-state index in [2.05, 4.69) is 110 Å². The van der Waals surface area contributed by atoms with E-state index < -0.39 is 7.12 Å². The number of rotatable bonds is 0. The van der Waals surface area contributed by atoms with Crippen LogP contribution in [0.4, 0.5) is 0 Å². The molecule has 2 N–H and O–H groups in total. The number of benzene rings is 1. The van der Waals surface area contributed by atoms with Crippen molar-refractivity contribution in [1.82, 2.24) is 0 Å². The van der Waals surface area contributed by atoms with Crippen LogP contribution in [0.15, 0.2) is 30.3 Å². The minimum Gasteiger partial charge on any atom is -0.427 e. The molecule has 1 aliphatic rings. The standard InChI is InChI=1S/C7H15BO2.C7H8.CH5BO2.CH3Br.CH3Cl.CH3I.CH4S.CH4/c1-6(2)7(3,4)10-8(5)9-6;1-7-5-3-2-4-6-7;1-2(3)4;4*1-2;/h1-5H3;2-6H,1H3;3-4H,1H3;3*1H3;2H,1H3;1H4. The van der Waals surface area contributed by atoms with Crippen molar-refractivity contribution in [3.05, 3.63) is 35.9 Å². The maximum atomic E-state index is 7.61. The van der Waals surface area contributed by atoms with Crippen LogP contribution in [0.2, 0.25) is 13.6 Å². The zero-order valence-electron chi connectivity index (χ0n) is 19.8. The van der Waals surface area contributed by atoms with Gasteiger partial charge in [0.15, 0.2) is 0 Å². The molecule has 1 fully saturated rings. The van der Waals surface area contributed by atoms with Crippen LogP contribution in [-0.4, -0.2) is 58.9 Å². The second-order valence-electron chi connectivity index (χ2n) is 6.11. The first-order valence-electron chi connectivity index (χ1n) is 8.79. The monoisotopic (exact) mass is 644 g/mol. The number of alkyl halides is 3. The van der Waals surface area contributed by atoms with E-state index in [1.807, 2.05) is 35.8 Å². The maximum absolute atomic E-state index is 7.61. The molecule has 10 heteroatoms. The van der Waals surface area contributed by atoms with E-state index >= 15 is 0 Å². The molecule has 182 valence electrons. The van der Waals surface area contributed by atoms with Crippen molar-refractivity contribution in [2.24, 2.45) is 0 Å². The summed E-state index contributed by atoms with van der Waals surface area (Å²) in [5, 5.41) is 15.2. The highest BCUT2D eigenvalue weighted by Gasteiger charge is 2.48. The predicted octanol–water partition coefficient (Wildman–Crippen LogP) is 6.89. The summed E-state index contributed by atoms with van der Waals surface area (Å²) in [5.41, 5.74) is 1.00. The second kappa shape index (κ2) is 30.0. The van der Waals surface area contributed by atoms with Gasteiger partial charge in [-0.05, 0) is 65.3 Å². The maximum Gasteiger partial charge on any atom is 0.454 e. The molecule has 1 aliphatic heterocycles. The van der Waals surface area contributed by atoms with Crippen LogP contribution < -0.4 is 0 Å². The summed E-state index contributed by atoms with van der Waals surface area (Å²) in [6.07, 6.45) is 3.17. The zero-order valence-corrected chi connectivity index (χ0v) is 25.2. The summed E-state index contributed by atoms with van der Waals surface area (Å²) in [6.45, 7) is 13.5. The Balaban J connectivity index is -0.0000000638. The van der Waals surface area contributed by atoms with E-state index in [9.17, 15) is 0 Å². The molecule has 1 aromatic rings. The third-order valence-electron chi connectivity index (χ3n) is 3.31. The fourth-order valence-electron chi connectivity index (χ4n) is 1.67. The van der Waals surface area contributed by atoms with Gasteiger partial charge in [0.2, 0.25) is 0 Å². The van der Waals surface area contributed by atoms with Gasteiger partial charge in [0.05, 0.1) is 11.2 Å². The molecule has 0 radical (unpaired) electrons. The number of thiol groups is 1. The molecule has 0 saturated carbocycles. The molecule has 1 heterocycles. The first-order chi connectivity index (χ1) is 13.5. The van der Waals surface area contributed by atoms with Gasteiger partial charge in [0, 0.05) is 6.38 Å². The summed E-state index contributed by atoms with van der Waals surface area (Å²) in [6, 6.07) is 10.3. The molecule has 0 aromatic heterocycles. The third-order valence-corrected chi connectivity index (χ3v) is 3.31. The lowest BCUT2D eigenvalue weighted by molar-refractivity contribution is 0.00578. The average molecular weight is 646 g/mol. The largest absolute Gasteiger partial charge is 0.454 e. The molecule has 0 bridgehead atoms. The highest BCUT2D eigenvalue weighted by Crippen LogP contribution is 2.36. The van der Waals surface area contributed by atoms with Crippen LogP contribution in [0.5, 0.6) is 0 Å². The van der Waals surface area contributed by atoms with Gasteiger partial charge >= 0.3 is 14.2 Å². The van der Waals surface area contributed by atoms with Crippen molar-refractivity contribution < 1.29 is 19.4 Å². The topological polar surface area (TPSA) is 58.9 Å². The lowest BCUT2D eigenvalue weighted by Gasteiger charge is -2.32. The van der Waals surface area contributed by atoms with Crippen molar-refractivity contribution in [2.75, 3.05) is 23.4 Å². The Bertz CT molecular complexity index is 402. The van der Waals surface area contributed by atoms with Crippen LogP contribution in [0.3, 0.4) is 0 Å². The summed E-state index contributed by atoms with van der Waals surface area (Å²) in [7, 11) is -1.23. The van der Waals surface area contributed by atoms with E-state index in [1.54, 1.807) is 6.26 Å². The predicted molar refractivity (Wildman–Crippen MR) is 157 cm³/mol. The highest BCUT2D eigenvalue weighted by atomic mass is 127. The Labute approximate surface area is 221 Å². The smallest absolute Gasteiger partial charge is 0.427 e. The molecule has 0 amide bonds. The summed E-state index contributed by atoms with van der Waals surface area (Å²) < 4.78 is 11.1. The van der Waals surface area contributed by atoms with E-state index in [-0.39, 0.29) is 25.7 Å². The number of aryl methyl sites for hydroxylation is 1. The Kier molecular flexibility index (Phi) is 44.7. The molecule has 1 saturated heterocycles. The van der Waals surface area contributed by atoms with Gasteiger partial charge in [0.25, 0.3) is 0 Å². The summed E-state index contributed by atoms with van der Waals surface area (Å²) in [4.78, 5) is 1.97. The van der Waals surface area contributed by atoms with Gasteiger partial charge in [-0.1, -0.05) is 81.8 Å². The molecular weight excluding hydrogens is 600 g/mol. The summed E-state index contributed by atoms with van der Waals surface area (Å²) >= 11 is 13.3. The lowest BCUT2D eigenvalue weighted by atomic mass is 9.90. The highest BCUT2D eigenvalue weighted by molar-refractivity contribution is 14.1. The minimum absolute atomic E-state index is 0. The van der Waals surface area contributed by atoms with E-state index in [0.717, 1.165) is 0 Å². The van der Waals surface area contributed by atoms with Gasteiger partial charge in [-0.25, -0.2) is 0 Å². The first kappa shape index (κ1) is 44.7. The van der Waals surface area contributed by atoms with Crippen molar-refractivity contribution >= 4 is 77.0 Å². The van der Waals surface area contributed by atoms with Gasteiger partial charge < -0.3 is 19.4 Å². The van der Waals surface area contributed by atoms with Crippen molar-refractivity contribution in [3.63, 3.8) is 0 Å². The fraction of sp³-hybridized carbons (Fsp3) is 0.700. The minimum atomic E-state index is -1.17. The van der Waals surface area contributed by atoms with Crippen LogP contribution in [-0.2, 0) is 9.31 Å². The molecule has 0 aliphatic carbocycles. The Morgan fingerprint density at radius 1 is 0.967 bits per heavy atom. The van der Waals surface area contributed by atoms with E-state index in [1.165, 1.54) is 18.8 Å². The van der Waals surface area contributed by atoms with Crippen molar-refractivity contribution in [2.45, 2.75) is 66.9 Å². The second-order valence-corrected chi connectivity index (χ2v) is 6.11. The van der Waals surface area contributed by atoms with Crippen LogP contribution in [0.25, 0.3) is 0 Å². The normalized spacial score (nSPS) is 13.4. The molecule has 0 spiro atoms. The van der Waals surface area contributed by atoms with Crippen LogP contribution in [0, 0.1) is 6.92 Å². The van der Waals surface area contributed by atoms with Gasteiger partial charge in [-0.2, -0.15) is 12.6 Å². The SMILES string of the molecule is C.CB(O)O.CB1OC(C)(C)C(C)(C)O1.CBr.CCl.CI.CS.Cc1ccccc1. The number of hydrogen-bond donors (Lipinski definition) is 3. The van der Waals surface area contributed by atoms with Crippen molar-refractivity contribution in [1.29, 1.82) is 0 Å². The average Bonchev–Trinajstić information content (AvgIpc) is 2.87. The van der Waals surface area contributed by atoms with Crippen molar-refractivity contribution in [3.8, 4) is 0 Å². The number of hydrogen-bond acceptors (Lipinski definition) is 5. The van der Waals surface area contributed by atoms with Gasteiger partial charge in [-0.3, -0.25) is 0 Å². The number of halogens is 3. The molecule has 4 nitrogen and oxygen atoms in total. The molecule has 0 atom stereocenters. The Hall–Kier alpha value is 1.04. The van der Waals surface area contributed by atoms with Gasteiger partial charge in [0.1, 0.15) is 0 Å². The Morgan fingerprint density at radius 3 is 1.30 bits per heavy atom. The lowest BCUT2D eigenvalue weighted by Crippen LogP contribution is -2.41. The van der Waals surface area contributed by atoms with E-state index in [4.69, 9.17) is 19.4 Å². The third kappa shape index (κ3) is 29.0. The molecule has 30 heavy (non-hydrogen) atoms. The molecule has 2 rings (SSSR count). The van der Waals surface area contributed by atoms with Crippen LogP contribution >= 0.6 is 62.8 Å². The molecule has 0 unspecified atom stereocenters. The Morgan fingerprint density at radius 2 is 1.20 bits per heavy atom. The molecule has 1 aromatic carbocycles. The van der Waals surface area contributed by atoms with E-state index in [0.29, 0.717) is 0 Å². The zero-order chi connectivity index (χ0) is 24.7. The summed E-state index contributed by atoms with van der Waals surface area (Å²) in [5.74, 6) is 1.81. The van der Waals surface area contributed by atoms with Gasteiger partial charge in [-0.15, -0.1) is 11.6 Å². The quantitative estimate of drug-likeness (QED) is 0.125.